The molecule has 2 aliphatic rings. The molecule has 0 aliphatic carbocycles. The van der Waals surface area contributed by atoms with Crippen LogP contribution in [0.5, 0.6) is 23.0 Å². The second-order valence-corrected chi connectivity index (χ2v) is 9.42. The number of fused-ring (bicyclic) bond motifs is 1. The molecule has 0 amide bonds. The molecule has 5 rings (SSSR count). The van der Waals surface area contributed by atoms with Gasteiger partial charge in [-0.05, 0) is 72.5 Å². The summed E-state index contributed by atoms with van der Waals surface area (Å²) in [7, 11) is 0. The lowest BCUT2D eigenvalue weighted by Gasteiger charge is -2.37. The first-order valence-corrected chi connectivity index (χ1v) is 11.9. The average Bonchev–Trinajstić information content (AvgIpc) is 2.83. The van der Waals surface area contributed by atoms with Crippen molar-refractivity contribution in [3.8, 4) is 23.0 Å². The number of benzene rings is 3. The number of phenolic OH excluding ortho intramolecular Hbond substituents is 2. The molecule has 5 nitrogen and oxygen atoms in total. The quantitative estimate of drug-likeness (QED) is 0.456. The zero-order chi connectivity index (χ0) is 24.5. The lowest BCUT2D eigenvalue weighted by molar-refractivity contribution is 0.0668. The molecule has 1 saturated heterocycles. The largest absolute Gasteiger partial charge is 0.508 e. The Morgan fingerprint density at radius 1 is 1.00 bits per heavy atom. The van der Waals surface area contributed by atoms with Crippen LogP contribution >= 0.6 is 0 Å². The van der Waals surface area contributed by atoms with Gasteiger partial charge in [-0.15, -0.1) is 0 Å². The van der Waals surface area contributed by atoms with Gasteiger partial charge in [0.25, 0.3) is 0 Å². The van der Waals surface area contributed by atoms with E-state index >= 15 is 0 Å². The second kappa shape index (κ2) is 9.62. The number of halogens is 1. The van der Waals surface area contributed by atoms with Crippen LogP contribution in [0.25, 0.3) is 11.1 Å². The molecule has 1 fully saturated rings. The Hall–Kier alpha value is -3.51. The van der Waals surface area contributed by atoms with Crippen LogP contribution < -0.4 is 9.47 Å². The van der Waals surface area contributed by atoms with Gasteiger partial charge in [0, 0.05) is 36.7 Å². The Bertz CT molecular complexity index is 1250. The maximum Gasteiger partial charge on any atom is 0.150 e. The van der Waals surface area contributed by atoms with Crippen molar-refractivity contribution >= 4 is 11.1 Å². The van der Waals surface area contributed by atoms with Gasteiger partial charge in [0.05, 0.1) is 6.67 Å². The number of likely N-dealkylation sites (tertiary alicyclic amines) is 1. The van der Waals surface area contributed by atoms with Gasteiger partial charge in [0.1, 0.15) is 35.7 Å². The number of ether oxygens (including phenoxy) is 2. The molecule has 2 aliphatic heterocycles. The summed E-state index contributed by atoms with van der Waals surface area (Å²) in [6, 6.07) is 18.6. The van der Waals surface area contributed by atoms with Crippen LogP contribution in [0.15, 0.2) is 60.7 Å². The summed E-state index contributed by atoms with van der Waals surface area (Å²) >= 11 is 0. The van der Waals surface area contributed by atoms with E-state index in [9.17, 15) is 14.6 Å². The van der Waals surface area contributed by atoms with Crippen molar-refractivity contribution in [1.29, 1.82) is 0 Å². The maximum atomic E-state index is 12.6. The topological polar surface area (TPSA) is 62.2 Å². The molecule has 3 aromatic rings. The smallest absolute Gasteiger partial charge is 0.150 e. The van der Waals surface area contributed by atoms with Crippen LogP contribution in [0.1, 0.15) is 35.3 Å². The number of nitrogens with zero attached hydrogens (tertiary/aromatic N) is 1. The average molecular weight is 476 g/mol. The molecule has 35 heavy (non-hydrogen) atoms. The van der Waals surface area contributed by atoms with E-state index in [1.165, 1.54) is 0 Å². The molecule has 0 spiro atoms. The highest BCUT2D eigenvalue weighted by atomic mass is 19.1. The van der Waals surface area contributed by atoms with Crippen molar-refractivity contribution in [3.63, 3.8) is 0 Å². The summed E-state index contributed by atoms with van der Waals surface area (Å²) in [5.74, 6) is 2.06. The van der Waals surface area contributed by atoms with E-state index in [0.29, 0.717) is 12.4 Å². The first-order chi connectivity index (χ1) is 16.9. The zero-order valence-electron chi connectivity index (χ0n) is 20.0. The van der Waals surface area contributed by atoms with Gasteiger partial charge in [0.15, 0.2) is 0 Å². The Labute approximate surface area is 205 Å². The van der Waals surface area contributed by atoms with Crippen LogP contribution in [0.4, 0.5) is 4.39 Å². The molecule has 2 N–H and O–H groups in total. The number of allylic oxidation sites excluding steroid dienone is 1. The number of hydrogen-bond acceptors (Lipinski definition) is 5. The van der Waals surface area contributed by atoms with E-state index < -0.39 is 0 Å². The monoisotopic (exact) mass is 475 g/mol. The fourth-order valence-electron chi connectivity index (χ4n) is 4.81. The van der Waals surface area contributed by atoms with Crippen molar-refractivity contribution in [2.45, 2.75) is 20.0 Å². The van der Waals surface area contributed by atoms with Crippen LogP contribution in [0.2, 0.25) is 0 Å². The van der Waals surface area contributed by atoms with Gasteiger partial charge in [-0.1, -0.05) is 24.3 Å². The molecule has 1 atom stereocenters. The Morgan fingerprint density at radius 2 is 1.77 bits per heavy atom. The molecule has 2 heterocycles. The number of aryl methyl sites for hydroxylation is 1. The minimum Gasteiger partial charge on any atom is -0.508 e. The summed E-state index contributed by atoms with van der Waals surface area (Å²) in [5, 5.41) is 20.4. The minimum absolute atomic E-state index is 0.177. The molecular formula is C29H30FNO4. The van der Waals surface area contributed by atoms with Gasteiger partial charge in [-0.3, -0.25) is 9.29 Å². The third-order valence-electron chi connectivity index (χ3n) is 6.91. The first kappa shape index (κ1) is 23.2. The van der Waals surface area contributed by atoms with Crippen molar-refractivity contribution in [3.05, 3.63) is 82.9 Å². The highest BCUT2D eigenvalue weighted by molar-refractivity contribution is 5.96. The summed E-state index contributed by atoms with van der Waals surface area (Å²) in [6.07, 6.45) is -0.387. The predicted octanol–water partition coefficient (Wildman–Crippen LogP) is 5.75. The predicted molar refractivity (Wildman–Crippen MR) is 135 cm³/mol. The number of aromatic hydroxyl groups is 2. The lowest BCUT2D eigenvalue weighted by Crippen LogP contribution is -2.49. The van der Waals surface area contributed by atoms with E-state index in [1.807, 2.05) is 50.2 Å². The van der Waals surface area contributed by atoms with Crippen molar-refractivity contribution in [2.24, 2.45) is 5.92 Å². The molecule has 0 saturated carbocycles. The molecule has 3 aromatic carbocycles. The fraction of sp³-hybridized carbons (Fsp3) is 0.310. The van der Waals surface area contributed by atoms with Gasteiger partial charge in [-0.2, -0.15) is 0 Å². The molecule has 182 valence electrons. The van der Waals surface area contributed by atoms with Crippen LogP contribution in [0, 0.1) is 12.8 Å². The first-order valence-electron chi connectivity index (χ1n) is 11.9. The molecular weight excluding hydrogens is 445 g/mol. The second-order valence-electron chi connectivity index (χ2n) is 9.42. The summed E-state index contributed by atoms with van der Waals surface area (Å²) < 4.78 is 24.9. The summed E-state index contributed by atoms with van der Waals surface area (Å²) in [6.45, 7) is 6.59. The molecule has 0 aromatic heterocycles. The minimum atomic E-state index is -0.387. The van der Waals surface area contributed by atoms with E-state index in [2.05, 4.69) is 4.90 Å². The molecule has 6 heteroatoms. The third-order valence-corrected chi connectivity index (χ3v) is 6.91. The summed E-state index contributed by atoms with van der Waals surface area (Å²) in [5.41, 5.74) is 5.38. The van der Waals surface area contributed by atoms with Gasteiger partial charge in [0.2, 0.25) is 0 Å². The van der Waals surface area contributed by atoms with Crippen molar-refractivity contribution in [1.82, 2.24) is 4.90 Å². The van der Waals surface area contributed by atoms with Crippen molar-refractivity contribution < 1.29 is 24.1 Å². The van der Waals surface area contributed by atoms with E-state index in [1.54, 1.807) is 24.3 Å². The Morgan fingerprint density at radius 3 is 2.49 bits per heavy atom. The Balaban J connectivity index is 1.40. The van der Waals surface area contributed by atoms with Crippen LogP contribution in [-0.2, 0) is 0 Å². The lowest BCUT2D eigenvalue weighted by atomic mass is 9.85. The van der Waals surface area contributed by atoms with Gasteiger partial charge in [-0.25, -0.2) is 0 Å². The number of alkyl halides is 1. The van der Waals surface area contributed by atoms with Gasteiger partial charge >= 0.3 is 0 Å². The highest BCUT2D eigenvalue weighted by Crippen LogP contribution is 2.48. The normalized spacial score (nSPS) is 18.1. The third kappa shape index (κ3) is 4.71. The van der Waals surface area contributed by atoms with Crippen LogP contribution in [-0.4, -0.2) is 48.0 Å². The van der Waals surface area contributed by atoms with Crippen molar-refractivity contribution in [2.75, 3.05) is 32.9 Å². The standard InChI is InChI=1S/C29H30FNO4/c1-18-3-4-22(13-26(18)33)28-19(2)25-14-23(32)7-10-27(25)35-29(28)21-5-8-24(9-6-21)34-12-11-31-16-20(15-30)17-31/h3-10,13-14,20,29,32-33H,11-12,15-17H2,1-2H3. The van der Waals surface area contributed by atoms with Crippen LogP contribution in [0.3, 0.4) is 0 Å². The number of rotatable bonds is 7. The Kier molecular flexibility index (Phi) is 6.39. The zero-order valence-corrected chi connectivity index (χ0v) is 20.0. The van der Waals surface area contributed by atoms with E-state index in [0.717, 1.165) is 58.8 Å². The molecule has 0 bridgehead atoms. The highest BCUT2D eigenvalue weighted by Gasteiger charge is 2.30. The van der Waals surface area contributed by atoms with E-state index in [4.69, 9.17) is 9.47 Å². The molecule has 1 unspecified atom stereocenters. The SMILES string of the molecule is CC1=C(c2ccc(C)c(O)c2)C(c2ccc(OCCN3CC(CF)C3)cc2)Oc2ccc(O)cc21. The summed E-state index contributed by atoms with van der Waals surface area (Å²) in [4.78, 5) is 2.20. The number of phenols is 2. The molecule has 0 radical (unpaired) electrons. The van der Waals surface area contributed by atoms with Gasteiger partial charge < -0.3 is 19.7 Å². The van der Waals surface area contributed by atoms with E-state index in [-0.39, 0.29) is 30.2 Å². The maximum absolute atomic E-state index is 12.6. The number of hydrogen-bond donors (Lipinski definition) is 2. The fourth-order valence-corrected chi connectivity index (χ4v) is 4.81.